The minimum atomic E-state index is 0.767. The average Bonchev–Trinajstić information content (AvgIpc) is 2.19. The Kier molecular flexibility index (Phi) is 4.88. The van der Waals surface area contributed by atoms with Gasteiger partial charge < -0.3 is 10.6 Å². The molecule has 2 N–H and O–H groups in total. The summed E-state index contributed by atoms with van der Waals surface area (Å²) in [6.07, 6.45) is 9.80. The predicted octanol–water partition coefficient (Wildman–Crippen LogP) is 1.07. The van der Waals surface area contributed by atoms with Crippen molar-refractivity contribution in [3.05, 3.63) is 0 Å². The third-order valence-electron chi connectivity index (χ3n) is 2.84. The Bertz CT molecular complexity index is 163. The van der Waals surface area contributed by atoms with Crippen molar-refractivity contribution in [1.29, 1.82) is 0 Å². The quantitative estimate of drug-likeness (QED) is 0.518. The second kappa shape index (κ2) is 6.01. The van der Waals surface area contributed by atoms with E-state index in [0.29, 0.717) is 0 Å². The largest absolute Gasteiger partial charge is 0.330 e. The number of rotatable bonds is 4. The highest BCUT2D eigenvalue weighted by molar-refractivity contribution is 4.83. The smallest absolute Gasteiger partial charge is 0.00982 e. The maximum absolute atomic E-state index is 5.63. The van der Waals surface area contributed by atoms with E-state index < -0.39 is 0 Å². The van der Waals surface area contributed by atoms with Gasteiger partial charge in [0.1, 0.15) is 0 Å². The summed E-state index contributed by atoms with van der Waals surface area (Å²) in [5.41, 5.74) is 5.63. The van der Waals surface area contributed by atoms with Gasteiger partial charge in [-0.2, -0.15) is 0 Å². The number of unbranched alkanes of at least 4 members (excludes halogenated alkanes) is 1. The molecule has 1 aliphatic heterocycles. The normalized spacial score (nSPS) is 20.0. The Morgan fingerprint density at radius 2 is 2.08 bits per heavy atom. The summed E-state index contributed by atoms with van der Waals surface area (Å²) < 4.78 is 0. The van der Waals surface area contributed by atoms with Crippen LogP contribution in [0.3, 0.4) is 0 Å². The van der Waals surface area contributed by atoms with Crippen LogP contribution in [-0.4, -0.2) is 31.1 Å². The number of nitrogens with two attached hydrogens (primary N) is 1. The van der Waals surface area contributed by atoms with Crippen LogP contribution in [0.4, 0.5) is 0 Å². The fourth-order valence-electron chi connectivity index (χ4n) is 1.85. The summed E-state index contributed by atoms with van der Waals surface area (Å²) in [5.74, 6) is 3.45. The van der Waals surface area contributed by atoms with Gasteiger partial charge in [-0.15, -0.1) is 12.3 Å². The van der Waals surface area contributed by atoms with Crippen LogP contribution in [0.5, 0.6) is 0 Å². The minimum absolute atomic E-state index is 0.767. The van der Waals surface area contributed by atoms with Crippen LogP contribution in [0.25, 0.3) is 0 Å². The lowest BCUT2D eigenvalue weighted by molar-refractivity contribution is 0.186. The zero-order valence-corrected chi connectivity index (χ0v) is 8.34. The third kappa shape index (κ3) is 3.80. The molecule has 1 saturated heterocycles. The summed E-state index contributed by atoms with van der Waals surface area (Å²) in [5, 5.41) is 0. The molecule has 0 radical (unpaired) electrons. The molecule has 0 spiro atoms. The highest BCUT2D eigenvalue weighted by Gasteiger charge is 2.16. The van der Waals surface area contributed by atoms with Crippen molar-refractivity contribution < 1.29 is 0 Å². The van der Waals surface area contributed by atoms with Crippen molar-refractivity contribution in [1.82, 2.24) is 4.90 Å². The summed E-state index contributed by atoms with van der Waals surface area (Å²) in [7, 11) is 0. The van der Waals surface area contributed by atoms with Gasteiger partial charge in [0.25, 0.3) is 0 Å². The number of nitrogens with zero attached hydrogens (tertiary/aromatic N) is 1. The van der Waals surface area contributed by atoms with Gasteiger partial charge in [0.05, 0.1) is 0 Å². The molecular weight excluding hydrogens is 160 g/mol. The van der Waals surface area contributed by atoms with Crippen LogP contribution in [0.1, 0.15) is 25.7 Å². The Hall–Kier alpha value is -0.520. The van der Waals surface area contributed by atoms with Gasteiger partial charge in [-0.3, -0.25) is 0 Å². The first-order chi connectivity index (χ1) is 6.36. The zero-order chi connectivity index (χ0) is 9.52. The molecule has 1 rings (SSSR count). The van der Waals surface area contributed by atoms with Crippen LogP contribution in [0, 0.1) is 18.3 Å². The van der Waals surface area contributed by atoms with Gasteiger partial charge >= 0.3 is 0 Å². The van der Waals surface area contributed by atoms with E-state index in [1.807, 2.05) is 0 Å². The number of terminal acetylenes is 1. The first kappa shape index (κ1) is 10.6. The molecule has 0 unspecified atom stereocenters. The van der Waals surface area contributed by atoms with Gasteiger partial charge in [-0.25, -0.2) is 0 Å². The van der Waals surface area contributed by atoms with Gasteiger partial charge in [-0.1, -0.05) is 0 Å². The van der Waals surface area contributed by atoms with Crippen molar-refractivity contribution in [3.63, 3.8) is 0 Å². The van der Waals surface area contributed by atoms with Crippen molar-refractivity contribution in [2.24, 2.45) is 11.7 Å². The molecule has 0 amide bonds. The molecule has 1 fully saturated rings. The third-order valence-corrected chi connectivity index (χ3v) is 2.84. The number of piperidine rings is 1. The summed E-state index contributed by atoms with van der Waals surface area (Å²) in [4.78, 5) is 2.50. The minimum Gasteiger partial charge on any atom is -0.330 e. The van der Waals surface area contributed by atoms with Gasteiger partial charge in [-0.05, 0) is 51.4 Å². The second-order valence-electron chi connectivity index (χ2n) is 3.83. The summed E-state index contributed by atoms with van der Waals surface area (Å²) in [6.45, 7) is 4.46. The molecule has 1 heterocycles. The fourth-order valence-corrected chi connectivity index (χ4v) is 1.85. The molecule has 0 saturated carbocycles. The standard InChI is InChI=1S/C11H20N2/c1-2-3-4-7-13-8-5-11(10-12)6-9-13/h1,11H,3-10,12H2. The van der Waals surface area contributed by atoms with E-state index >= 15 is 0 Å². The first-order valence-corrected chi connectivity index (χ1v) is 5.22. The molecule has 2 heteroatoms. The predicted molar refractivity (Wildman–Crippen MR) is 56.3 cm³/mol. The SMILES string of the molecule is C#CCCCN1CCC(CN)CC1. The molecule has 2 nitrogen and oxygen atoms in total. The van der Waals surface area contributed by atoms with Gasteiger partial charge in [0, 0.05) is 6.42 Å². The van der Waals surface area contributed by atoms with Crippen molar-refractivity contribution in [2.75, 3.05) is 26.2 Å². The van der Waals surface area contributed by atoms with Crippen molar-refractivity contribution in [3.8, 4) is 12.3 Å². The van der Waals surface area contributed by atoms with E-state index in [1.54, 1.807) is 0 Å². The second-order valence-corrected chi connectivity index (χ2v) is 3.83. The topological polar surface area (TPSA) is 29.3 Å². The van der Waals surface area contributed by atoms with E-state index in [9.17, 15) is 0 Å². The highest BCUT2D eigenvalue weighted by Crippen LogP contribution is 2.15. The average molecular weight is 180 g/mol. The zero-order valence-electron chi connectivity index (χ0n) is 8.34. The molecule has 13 heavy (non-hydrogen) atoms. The molecule has 0 aliphatic carbocycles. The number of hydrogen-bond acceptors (Lipinski definition) is 2. The molecule has 74 valence electrons. The maximum atomic E-state index is 5.63. The molecule has 1 aliphatic rings. The van der Waals surface area contributed by atoms with E-state index in [4.69, 9.17) is 12.2 Å². The van der Waals surface area contributed by atoms with Crippen LogP contribution >= 0.6 is 0 Å². The van der Waals surface area contributed by atoms with E-state index in [1.165, 1.54) is 32.5 Å². The maximum Gasteiger partial charge on any atom is 0.00982 e. The van der Waals surface area contributed by atoms with Crippen LogP contribution in [0.15, 0.2) is 0 Å². The number of hydrogen-bond donors (Lipinski definition) is 1. The summed E-state index contributed by atoms with van der Waals surface area (Å²) >= 11 is 0. The molecule has 0 atom stereocenters. The van der Waals surface area contributed by atoms with Gasteiger partial charge in [0.15, 0.2) is 0 Å². The van der Waals surface area contributed by atoms with Gasteiger partial charge in [0.2, 0.25) is 0 Å². The first-order valence-electron chi connectivity index (χ1n) is 5.22. The van der Waals surface area contributed by atoms with Crippen molar-refractivity contribution in [2.45, 2.75) is 25.7 Å². The molecule has 0 aromatic heterocycles. The Labute approximate surface area is 81.5 Å². The Morgan fingerprint density at radius 1 is 1.38 bits per heavy atom. The molecular formula is C11H20N2. The van der Waals surface area contributed by atoms with Crippen LogP contribution in [0.2, 0.25) is 0 Å². The lowest BCUT2D eigenvalue weighted by Gasteiger charge is -2.31. The van der Waals surface area contributed by atoms with E-state index in [0.717, 1.165) is 25.3 Å². The number of likely N-dealkylation sites (tertiary alicyclic amines) is 1. The van der Waals surface area contributed by atoms with E-state index in [2.05, 4.69) is 10.8 Å². The Morgan fingerprint density at radius 3 is 2.62 bits per heavy atom. The lowest BCUT2D eigenvalue weighted by Crippen LogP contribution is -2.36. The van der Waals surface area contributed by atoms with Crippen LogP contribution in [-0.2, 0) is 0 Å². The highest BCUT2D eigenvalue weighted by atomic mass is 15.1. The summed E-state index contributed by atoms with van der Waals surface area (Å²) in [6, 6.07) is 0. The van der Waals surface area contributed by atoms with Crippen molar-refractivity contribution >= 4 is 0 Å². The molecule has 0 bridgehead atoms. The fraction of sp³-hybridized carbons (Fsp3) is 0.818. The molecule has 0 aromatic rings. The molecule has 0 aromatic carbocycles. The lowest BCUT2D eigenvalue weighted by atomic mass is 9.97. The Balaban J connectivity index is 2.07. The van der Waals surface area contributed by atoms with E-state index in [-0.39, 0.29) is 0 Å². The van der Waals surface area contributed by atoms with Crippen LogP contribution < -0.4 is 5.73 Å². The monoisotopic (exact) mass is 180 g/mol.